The SMILES string of the molecule is NC(=O)Cc1ccnnn1. The molecule has 0 radical (unpaired) electrons. The van der Waals surface area contributed by atoms with Crippen LogP contribution in [-0.4, -0.2) is 21.3 Å². The molecule has 5 heteroatoms. The van der Waals surface area contributed by atoms with Gasteiger partial charge in [0.1, 0.15) is 0 Å². The maximum Gasteiger partial charge on any atom is 0.223 e. The molecule has 0 unspecified atom stereocenters. The Balaban J connectivity index is 2.67. The number of nitrogens with two attached hydrogens (primary N) is 1. The lowest BCUT2D eigenvalue weighted by molar-refractivity contribution is -0.117. The summed E-state index contributed by atoms with van der Waals surface area (Å²) in [5, 5.41) is 10.3. The van der Waals surface area contributed by atoms with Gasteiger partial charge in [-0.05, 0) is 11.3 Å². The van der Waals surface area contributed by atoms with Crippen molar-refractivity contribution in [1.29, 1.82) is 0 Å². The average Bonchev–Trinajstić information content (AvgIpc) is 1.88. The molecule has 1 aromatic rings. The number of nitrogens with zero attached hydrogens (tertiary/aromatic N) is 3. The Bertz CT molecular complexity index is 222. The molecule has 0 aliphatic rings. The Labute approximate surface area is 57.3 Å². The molecule has 52 valence electrons. The van der Waals surface area contributed by atoms with E-state index in [4.69, 9.17) is 5.73 Å². The van der Waals surface area contributed by atoms with Gasteiger partial charge in [-0.15, -0.1) is 10.2 Å². The minimum absolute atomic E-state index is 0.121. The minimum Gasteiger partial charge on any atom is -0.369 e. The molecule has 0 atom stereocenters. The third-order valence-electron chi connectivity index (χ3n) is 0.914. The lowest BCUT2D eigenvalue weighted by atomic mass is 10.3. The first kappa shape index (κ1) is 6.60. The Hall–Kier alpha value is -1.52. The molecule has 0 aromatic carbocycles. The summed E-state index contributed by atoms with van der Waals surface area (Å²) >= 11 is 0. The fourth-order valence-electron chi connectivity index (χ4n) is 0.539. The molecule has 0 aliphatic heterocycles. The molecule has 0 spiro atoms. The normalized spacial score (nSPS) is 9.20. The summed E-state index contributed by atoms with van der Waals surface area (Å²) in [6.07, 6.45) is 1.58. The summed E-state index contributed by atoms with van der Waals surface area (Å²) in [4.78, 5) is 10.3. The van der Waals surface area contributed by atoms with Crippen LogP contribution in [0.25, 0.3) is 0 Å². The first-order valence-corrected chi connectivity index (χ1v) is 2.70. The van der Waals surface area contributed by atoms with E-state index in [1.54, 1.807) is 6.07 Å². The van der Waals surface area contributed by atoms with Crippen LogP contribution in [0.4, 0.5) is 0 Å². The van der Waals surface area contributed by atoms with E-state index in [0.717, 1.165) is 0 Å². The van der Waals surface area contributed by atoms with E-state index in [-0.39, 0.29) is 6.42 Å². The Morgan fingerprint density at radius 2 is 2.50 bits per heavy atom. The van der Waals surface area contributed by atoms with Gasteiger partial charge in [0.25, 0.3) is 0 Å². The smallest absolute Gasteiger partial charge is 0.223 e. The highest BCUT2D eigenvalue weighted by molar-refractivity contribution is 5.75. The molecule has 1 rings (SSSR count). The molecule has 1 amide bonds. The van der Waals surface area contributed by atoms with Crippen LogP contribution in [0.3, 0.4) is 0 Å². The van der Waals surface area contributed by atoms with Crippen molar-refractivity contribution < 1.29 is 4.79 Å². The highest BCUT2D eigenvalue weighted by atomic mass is 16.1. The predicted molar refractivity (Wildman–Crippen MR) is 32.7 cm³/mol. The van der Waals surface area contributed by atoms with Crippen LogP contribution in [-0.2, 0) is 11.2 Å². The van der Waals surface area contributed by atoms with E-state index in [0.29, 0.717) is 5.69 Å². The van der Waals surface area contributed by atoms with Crippen molar-refractivity contribution in [3.63, 3.8) is 0 Å². The van der Waals surface area contributed by atoms with Crippen molar-refractivity contribution in [3.05, 3.63) is 18.0 Å². The third kappa shape index (κ3) is 1.77. The second-order valence-corrected chi connectivity index (χ2v) is 1.76. The van der Waals surface area contributed by atoms with Crippen LogP contribution in [0.2, 0.25) is 0 Å². The van der Waals surface area contributed by atoms with Crippen LogP contribution in [0.1, 0.15) is 5.69 Å². The molecule has 0 saturated heterocycles. The molecule has 0 saturated carbocycles. The van der Waals surface area contributed by atoms with Crippen molar-refractivity contribution in [2.45, 2.75) is 6.42 Å². The molecule has 0 bridgehead atoms. The maximum absolute atomic E-state index is 10.3. The van der Waals surface area contributed by atoms with Gasteiger partial charge in [0.2, 0.25) is 5.91 Å². The van der Waals surface area contributed by atoms with E-state index in [1.165, 1.54) is 6.20 Å². The maximum atomic E-state index is 10.3. The number of carbonyl (C=O) groups is 1. The van der Waals surface area contributed by atoms with E-state index < -0.39 is 5.91 Å². The lowest BCUT2D eigenvalue weighted by Gasteiger charge is -1.90. The molecule has 5 nitrogen and oxygen atoms in total. The number of primary amides is 1. The van der Waals surface area contributed by atoms with Gasteiger partial charge in [-0.1, -0.05) is 0 Å². The van der Waals surface area contributed by atoms with E-state index >= 15 is 0 Å². The molecule has 0 aliphatic carbocycles. The fraction of sp³-hybridized carbons (Fsp3) is 0.200. The van der Waals surface area contributed by atoms with E-state index in [2.05, 4.69) is 15.4 Å². The van der Waals surface area contributed by atoms with Gasteiger partial charge in [-0.25, -0.2) is 0 Å². The zero-order valence-electron chi connectivity index (χ0n) is 5.19. The summed E-state index contributed by atoms with van der Waals surface area (Å²) in [5.41, 5.74) is 5.44. The lowest BCUT2D eigenvalue weighted by Crippen LogP contribution is -2.14. The monoisotopic (exact) mass is 138 g/mol. The van der Waals surface area contributed by atoms with Gasteiger partial charge >= 0.3 is 0 Å². The number of hydrogen-bond acceptors (Lipinski definition) is 4. The zero-order valence-corrected chi connectivity index (χ0v) is 5.19. The molecule has 1 aromatic heterocycles. The van der Waals surface area contributed by atoms with Crippen molar-refractivity contribution >= 4 is 5.91 Å². The largest absolute Gasteiger partial charge is 0.369 e. The quantitative estimate of drug-likeness (QED) is 0.562. The number of amides is 1. The summed E-state index contributed by atoms with van der Waals surface area (Å²) in [6.45, 7) is 0. The zero-order chi connectivity index (χ0) is 7.40. The molecule has 1 heterocycles. The molecule has 2 N–H and O–H groups in total. The Kier molecular flexibility index (Phi) is 1.89. The van der Waals surface area contributed by atoms with Crippen LogP contribution in [0.5, 0.6) is 0 Å². The van der Waals surface area contributed by atoms with Gasteiger partial charge in [0.15, 0.2) is 0 Å². The first-order valence-electron chi connectivity index (χ1n) is 2.70. The Morgan fingerprint density at radius 1 is 1.70 bits per heavy atom. The number of carbonyl (C=O) groups excluding carboxylic acids is 1. The van der Waals surface area contributed by atoms with Gasteiger partial charge in [-0.3, -0.25) is 4.79 Å². The van der Waals surface area contributed by atoms with Crippen molar-refractivity contribution in [2.75, 3.05) is 0 Å². The average molecular weight is 138 g/mol. The number of rotatable bonds is 2. The van der Waals surface area contributed by atoms with Crippen molar-refractivity contribution in [1.82, 2.24) is 15.4 Å². The van der Waals surface area contributed by atoms with E-state index in [9.17, 15) is 4.79 Å². The van der Waals surface area contributed by atoms with Gasteiger partial charge in [0.05, 0.1) is 18.3 Å². The fourth-order valence-corrected chi connectivity index (χ4v) is 0.539. The molecular weight excluding hydrogens is 132 g/mol. The molecule has 10 heavy (non-hydrogen) atoms. The summed E-state index contributed by atoms with van der Waals surface area (Å²) < 4.78 is 0. The summed E-state index contributed by atoms with van der Waals surface area (Å²) in [7, 11) is 0. The van der Waals surface area contributed by atoms with Crippen molar-refractivity contribution in [2.24, 2.45) is 5.73 Å². The van der Waals surface area contributed by atoms with Crippen LogP contribution in [0, 0.1) is 0 Å². The second kappa shape index (κ2) is 2.86. The van der Waals surface area contributed by atoms with E-state index in [1.807, 2.05) is 0 Å². The van der Waals surface area contributed by atoms with Gasteiger partial charge in [0, 0.05) is 0 Å². The highest BCUT2D eigenvalue weighted by Gasteiger charge is 1.97. The Morgan fingerprint density at radius 3 is 3.00 bits per heavy atom. The first-order chi connectivity index (χ1) is 4.79. The highest BCUT2D eigenvalue weighted by Crippen LogP contribution is 1.88. The summed E-state index contributed by atoms with van der Waals surface area (Å²) in [5.74, 6) is -0.416. The second-order valence-electron chi connectivity index (χ2n) is 1.76. The summed E-state index contributed by atoms with van der Waals surface area (Å²) in [6, 6.07) is 1.60. The van der Waals surface area contributed by atoms with Gasteiger partial charge in [-0.2, -0.15) is 0 Å². The molecule has 0 fully saturated rings. The van der Waals surface area contributed by atoms with Gasteiger partial charge < -0.3 is 5.73 Å². The van der Waals surface area contributed by atoms with Crippen LogP contribution < -0.4 is 5.73 Å². The third-order valence-corrected chi connectivity index (χ3v) is 0.914. The minimum atomic E-state index is -0.416. The van der Waals surface area contributed by atoms with Crippen molar-refractivity contribution in [3.8, 4) is 0 Å². The molecular formula is C5H6N4O. The number of aromatic nitrogens is 3. The predicted octanol–water partition coefficient (Wildman–Crippen LogP) is -1.10. The standard InChI is InChI=1S/C5H6N4O/c6-5(10)3-4-1-2-7-9-8-4/h1-2H,3H2,(H2,6,10). The van der Waals surface area contributed by atoms with Crippen LogP contribution >= 0.6 is 0 Å². The van der Waals surface area contributed by atoms with Crippen LogP contribution in [0.15, 0.2) is 12.3 Å². The number of hydrogen-bond donors (Lipinski definition) is 1. The topological polar surface area (TPSA) is 81.8 Å².